The van der Waals surface area contributed by atoms with Gasteiger partial charge in [0.05, 0.1) is 9.95 Å². The summed E-state index contributed by atoms with van der Waals surface area (Å²) in [7, 11) is 0. The molecule has 0 bridgehead atoms. The quantitative estimate of drug-likeness (QED) is 0.477. The number of halogens is 1. The van der Waals surface area contributed by atoms with Gasteiger partial charge < -0.3 is 14.5 Å². The van der Waals surface area contributed by atoms with Crippen molar-refractivity contribution < 1.29 is 14.5 Å². The molecule has 0 N–H and O–H groups in total. The van der Waals surface area contributed by atoms with E-state index in [1.54, 1.807) is 17.0 Å². The largest absolute Gasteiger partial charge is 0.484 e. The van der Waals surface area contributed by atoms with E-state index in [-0.39, 0.29) is 18.2 Å². The molecule has 1 aliphatic heterocycles. The first-order chi connectivity index (χ1) is 14.4. The zero-order chi connectivity index (χ0) is 21.7. The highest BCUT2D eigenvalue weighted by atomic mass is 35.5. The minimum atomic E-state index is -0.431. The minimum absolute atomic E-state index is 0.0218. The number of benzene rings is 2. The van der Waals surface area contributed by atoms with E-state index in [1.165, 1.54) is 11.6 Å². The molecule has 30 heavy (non-hydrogen) atoms. The Morgan fingerprint density at radius 3 is 2.43 bits per heavy atom. The maximum Gasteiger partial charge on any atom is 0.294 e. The Morgan fingerprint density at radius 2 is 1.83 bits per heavy atom. The topological polar surface area (TPSA) is 75.9 Å². The first-order valence-corrected chi connectivity index (χ1v) is 10.5. The van der Waals surface area contributed by atoms with Gasteiger partial charge in [-0.1, -0.05) is 43.6 Å². The van der Waals surface area contributed by atoms with Crippen LogP contribution >= 0.6 is 11.6 Å². The zero-order valence-electron chi connectivity index (χ0n) is 17.2. The van der Waals surface area contributed by atoms with E-state index < -0.39 is 4.92 Å². The molecular formula is C22H26ClN3O4. The van der Waals surface area contributed by atoms with Crippen molar-refractivity contribution in [3.63, 3.8) is 0 Å². The number of nitrogens with zero attached hydrogens (tertiary/aromatic N) is 3. The van der Waals surface area contributed by atoms with Crippen molar-refractivity contribution in [1.29, 1.82) is 0 Å². The molecule has 160 valence electrons. The average molecular weight is 432 g/mol. The molecule has 2 aromatic carbocycles. The van der Waals surface area contributed by atoms with E-state index in [0.717, 1.165) is 6.42 Å². The van der Waals surface area contributed by atoms with Crippen LogP contribution in [-0.2, 0) is 4.79 Å². The molecule has 2 aromatic rings. The number of carbonyl (C=O) groups excluding carboxylic acids is 1. The highest BCUT2D eigenvalue weighted by Crippen LogP contribution is 2.35. The van der Waals surface area contributed by atoms with Crippen molar-refractivity contribution in [3.8, 4) is 5.75 Å². The molecular weight excluding hydrogens is 406 g/mol. The lowest BCUT2D eigenvalue weighted by Crippen LogP contribution is -2.50. The van der Waals surface area contributed by atoms with E-state index in [4.69, 9.17) is 16.3 Å². The van der Waals surface area contributed by atoms with Gasteiger partial charge in [-0.2, -0.15) is 0 Å². The normalized spacial score (nSPS) is 15.0. The summed E-state index contributed by atoms with van der Waals surface area (Å²) in [5, 5.41) is 11.7. The Kier molecular flexibility index (Phi) is 7.15. The van der Waals surface area contributed by atoms with Crippen LogP contribution in [0.15, 0.2) is 42.5 Å². The maximum absolute atomic E-state index is 12.5. The first-order valence-electron chi connectivity index (χ1n) is 10.1. The standard InChI is InChI=1S/C22H26ClN3O4/c1-3-16(2)17-7-9-18(10-8-17)30-15-21(27)24-11-13-25(14-12-24)22-19(23)5-4-6-20(22)26(28)29/h4-10,16H,3,11-15H2,1-2H3/t16-/m0/s1. The van der Waals surface area contributed by atoms with Crippen LogP contribution in [0.25, 0.3) is 0 Å². The molecule has 0 aliphatic carbocycles. The third-order valence-electron chi connectivity index (χ3n) is 5.53. The van der Waals surface area contributed by atoms with E-state index in [9.17, 15) is 14.9 Å². The van der Waals surface area contributed by atoms with Crippen molar-refractivity contribution in [2.75, 3.05) is 37.7 Å². The lowest BCUT2D eigenvalue weighted by atomic mass is 9.99. The summed E-state index contributed by atoms with van der Waals surface area (Å²) in [4.78, 5) is 27.0. The van der Waals surface area contributed by atoms with Crippen LogP contribution < -0.4 is 9.64 Å². The number of nitro groups is 1. The number of hydrogen-bond acceptors (Lipinski definition) is 5. The van der Waals surface area contributed by atoms with E-state index >= 15 is 0 Å². The Morgan fingerprint density at radius 1 is 1.17 bits per heavy atom. The Balaban J connectivity index is 1.54. The second kappa shape index (κ2) is 9.80. The molecule has 0 spiro atoms. The number of nitro benzene ring substituents is 1. The fourth-order valence-corrected chi connectivity index (χ4v) is 3.80. The lowest BCUT2D eigenvalue weighted by molar-refractivity contribution is -0.384. The number of hydrogen-bond donors (Lipinski definition) is 0. The van der Waals surface area contributed by atoms with Crippen LogP contribution in [0.3, 0.4) is 0 Å². The Bertz CT molecular complexity index is 896. The van der Waals surface area contributed by atoms with E-state index in [1.807, 2.05) is 29.2 Å². The number of piperazine rings is 1. The molecule has 8 heteroatoms. The van der Waals surface area contributed by atoms with Gasteiger partial charge in [-0.15, -0.1) is 0 Å². The summed E-state index contributed by atoms with van der Waals surface area (Å²) in [5.41, 5.74) is 1.64. The van der Waals surface area contributed by atoms with Gasteiger partial charge in [-0.05, 0) is 36.1 Å². The number of amides is 1. The SMILES string of the molecule is CC[C@H](C)c1ccc(OCC(=O)N2CCN(c3c(Cl)cccc3[N+](=O)[O-])CC2)cc1. The second-order valence-electron chi connectivity index (χ2n) is 7.40. The van der Waals surface area contributed by atoms with Crippen LogP contribution in [0, 0.1) is 10.1 Å². The molecule has 1 aliphatic rings. The molecule has 0 radical (unpaired) electrons. The first kappa shape index (κ1) is 21.9. The third kappa shape index (κ3) is 5.02. The second-order valence-corrected chi connectivity index (χ2v) is 7.81. The highest BCUT2D eigenvalue weighted by Gasteiger charge is 2.27. The molecule has 0 aromatic heterocycles. The summed E-state index contributed by atoms with van der Waals surface area (Å²) < 4.78 is 5.66. The fraction of sp³-hybridized carbons (Fsp3) is 0.409. The summed E-state index contributed by atoms with van der Waals surface area (Å²) in [6.07, 6.45) is 1.07. The lowest BCUT2D eigenvalue weighted by Gasteiger charge is -2.36. The maximum atomic E-state index is 12.5. The summed E-state index contributed by atoms with van der Waals surface area (Å²) in [6, 6.07) is 12.5. The van der Waals surface area contributed by atoms with E-state index in [2.05, 4.69) is 13.8 Å². The molecule has 1 atom stereocenters. The molecule has 0 saturated carbocycles. The molecule has 3 rings (SSSR count). The van der Waals surface area contributed by atoms with Gasteiger partial charge in [0.15, 0.2) is 6.61 Å². The third-order valence-corrected chi connectivity index (χ3v) is 5.84. The predicted octanol–water partition coefficient (Wildman–Crippen LogP) is 4.49. The highest BCUT2D eigenvalue weighted by molar-refractivity contribution is 6.33. The molecule has 1 heterocycles. The van der Waals surface area contributed by atoms with Crippen molar-refractivity contribution >= 4 is 28.9 Å². The van der Waals surface area contributed by atoms with Gasteiger partial charge in [-0.25, -0.2) is 0 Å². The summed E-state index contributed by atoms with van der Waals surface area (Å²) in [5.74, 6) is 1.06. The number of carbonyl (C=O) groups is 1. The smallest absolute Gasteiger partial charge is 0.294 e. The van der Waals surface area contributed by atoms with Gasteiger partial charge in [0.2, 0.25) is 0 Å². The number of rotatable bonds is 7. The van der Waals surface area contributed by atoms with Crippen LogP contribution in [0.2, 0.25) is 5.02 Å². The molecule has 1 saturated heterocycles. The average Bonchev–Trinajstić information content (AvgIpc) is 2.77. The molecule has 1 fully saturated rings. The van der Waals surface area contributed by atoms with Crippen LogP contribution in [0.4, 0.5) is 11.4 Å². The number of para-hydroxylation sites is 1. The van der Waals surface area contributed by atoms with Crippen molar-refractivity contribution in [3.05, 3.63) is 63.2 Å². The van der Waals surface area contributed by atoms with Gasteiger partial charge in [-0.3, -0.25) is 14.9 Å². The van der Waals surface area contributed by atoms with Gasteiger partial charge in [0.25, 0.3) is 11.6 Å². The number of anilines is 1. The van der Waals surface area contributed by atoms with Crippen LogP contribution in [-0.4, -0.2) is 48.5 Å². The van der Waals surface area contributed by atoms with Gasteiger partial charge in [0.1, 0.15) is 11.4 Å². The van der Waals surface area contributed by atoms with Gasteiger partial charge in [0, 0.05) is 32.2 Å². The van der Waals surface area contributed by atoms with Gasteiger partial charge >= 0.3 is 0 Å². The summed E-state index contributed by atoms with van der Waals surface area (Å²) in [6.45, 7) is 6.15. The molecule has 0 unspecified atom stereocenters. The van der Waals surface area contributed by atoms with Crippen molar-refractivity contribution in [2.24, 2.45) is 0 Å². The molecule has 1 amide bonds. The summed E-state index contributed by atoms with van der Waals surface area (Å²) >= 11 is 6.22. The fourth-order valence-electron chi connectivity index (χ4n) is 3.51. The van der Waals surface area contributed by atoms with Crippen LogP contribution in [0.5, 0.6) is 5.75 Å². The van der Waals surface area contributed by atoms with Crippen molar-refractivity contribution in [2.45, 2.75) is 26.2 Å². The van der Waals surface area contributed by atoms with Crippen LogP contribution in [0.1, 0.15) is 31.7 Å². The minimum Gasteiger partial charge on any atom is -0.484 e. The monoisotopic (exact) mass is 431 g/mol. The number of ether oxygens (including phenoxy) is 1. The van der Waals surface area contributed by atoms with E-state index in [0.29, 0.717) is 48.6 Å². The zero-order valence-corrected chi connectivity index (χ0v) is 18.0. The Labute approximate surface area is 181 Å². The molecule has 7 nitrogen and oxygen atoms in total. The van der Waals surface area contributed by atoms with Crippen molar-refractivity contribution in [1.82, 2.24) is 4.90 Å². The Hall–Kier alpha value is -2.80. The predicted molar refractivity (Wildman–Crippen MR) is 118 cm³/mol.